The second-order valence-corrected chi connectivity index (χ2v) is 6.82. The molecule has 0 unspecified atom stereocenters. The summed E-state index contributed by atoms with van der Waals surface area (Å²) in [6, 6.07) is 19.5. The molecule has 140 valence electrons. The fraction of sp³-hybridized carbons (Fsp3) is 0.182. The van der Waals surface area contributed by atoms with E-state index in [2.05, 4.69) is 39.7 Å². The Morgan fingerprint density at radius 3 is 2.71 bits per heavy atom. The van der Waals surface area contributed by atoms with Crippen molar-refractivity contribution in [3.63, 3.8) is 0 Å². The Bertz CT molecular complexity index is 1120. The average molecular weight is 371 g/mol. The van der Waals surface area contributed by atoms with Crippen molar-refractivity contribution < 1.29 is 4.79 Å². The molecule has 4 rings (SSSR count). The van der Waals surface area contributed by atoms with E-state index in [0.29, 0.717) is 23.3 Å². The summed E-state index contributed by atoms with van der Waals surface area (Å²) < 4.78 is 1.67. The number of carbonyl (C=O) groups excluding carboxylic acids is 1. The van der Waals surface area contributed by atoms with Gasteiger partial charge in [-0.1, -0.05) is 48.5 Å². The average Bonchev–Trinajstić information content (AvgIpc) is 3.16. The van der Waals surface area contributed by atoms with Crippen LogP contribution < -0.4 is 5.32 Å². The minimum absolute atomic E-state index is 0.0977. The molecule has 28 heavy (non-hydrogen) atoms. The molecular formula is C22H21N5O. The Kier molecular flexibility index (Phi) is 4.85. The SMILES string of the molecule is Cc1c(C(=O)NC[C@H](C)c2ccccc2)cccc1-n1nnc2cccnc21. The van der Waals surface area contributed by atoms with Gasteiger partial charge in [-0.05, 0) is 48.2 Å². The molecular weight excluding hydrogens is 350 g/mol. The highest BCUT2D eigenvalue weighted by Gasteiger charge is 2.16. The molecule has 2 aromatic carbocycles. The van der Waals surface area contributed by atoms with Crippen LogP contribution in [0.3, 0.4) is 0 Å². The molecule has 0 aliphatic carbocycles. The summed E-state index contributed by atoms with van der Waals surface area (Å²) in [4.78, 5) is 17.2. The van der Waals surface area contributed by atoms with Crippen LogP contribution in [-0.4, -0.2) is 32.4 Å². The number of benzene rings is 2. The molecule has 0 bridgehead atoms. The lowest BCUT2D eigenvalue weighted by Gasteiger charge is -2.15. The molecule has 6 nitrogen and oxygen atoms in total. The molecule has 0 aliphatic heterocycles. The second-order valence-electron chi connectivity index (χ2n) is 6.82. The highest BCUT2D eigenvalue weighted by molar-refractivity contribution is 5.96. The number of pyridine rings is 1. The Morgan fingerprint density at radius 2 is 1.89 bits per heavy atom. The van der Waals surface area contributed by atoms with Gasteiger partial charge in [0.15, 0.2) is 5.65 Å². The van der Waals surface area contributed by atoms with Crippen molar-refractivity contribution in [3.05, 3.63) is 83.6 Å². The van der Waals surface area contributed by atoms with E-state index >= 15 is 0 Å². The third kappa shape index (κ3) is 3.36. The van der Waals surface area contributed by atoms with E-state index in [1.807, 2.05) is 55.5 Å². The maximum Gasteiger partial charge on any atom is 0.251 e. The van der Waals surface area contributed by atoms with Gasteiger partial charge in [0, 0.05) is 18.3 Å². The molecule has 0 radical (unpaired) electrons. The van der Waals surface area contributed by atoms with Crippen LogP contribution in [0.25, 0.3) is 16.9 Å². The zero-order valence-electron chi connectivity index (χ0n) is 15.8. The first-order valence-electron chi connectivity index (χ1n) is 9.24. The fourth-order valence-electron chi connectivity index (χ4n) is 3.27. The van der Waals surface area contributed by atoms with Crippen molar-refractivity contribution in [2.24, 2.45) is 0 Å². The molecule has 1 atom stereocenters. The van der Waals surface area contributed by atoms with Gasteiger partial charge in [-0.2, -0.15) is 4.68 Å². The van der Waals surface area contributed by atoms with Gasteiger partial charge in [-0.15, -0.1) is 5.10 Å². The van der Waals surface area contributed by atoms with Crippen molar-refractivity contribution >= 4 is 17.1 Å². The van der Waals surface area contributed by atoms with Crippen molar-refractivity contribution in [3.8, 4) is 5.69 Å². The number of nitrogens with zero attached hydrogens (tertiary/aromatic N) is 4. The largest absolute Gasteiger partial charge is 0.351 e. The minimum atomic E-state index is -0.0977. The van der Waals surface area contributed by atoms with E-state index in [9.17, 15) is 4.79 Å². The first kappa shape index (κ1) is 17.9. The predicted octanol–water partition coefficient (Wildman–Crippen LogP) is 3.66. The molecule has 0 fully saturated rings. The van der Waals surface area contributed by atoms with E-state index in [-0.39, 0.29) is 11.8 Å². The van der Waals surface area contributed by atoms with Gasteiger partial charge >= 0.3 is 0 Å². The molecule has 0 saturated carbocycles. The highest BCUT2D eigenvalue weighted by Crippen LogP contribution is 2.21. The van der Waals surface area contributed by atoms with Gasteiger partial charge in [0.1, 0.15) is 5.52 Å². The molecule has 0 aliphatic rings. The maximum absolute atomic E-state index is 12.8. The molecule has 2 heterocycles. The van der Waals surface area contributed by atoms with Crippen LogP contribution in [0.5, 0.6) is 0 Å². The molecule has 6 heteroatoms. The summed E-state index contributed by atoms with van der Waals surface area (Å²) in [5, 5.41) is 11.4. The van der Waals surface area contributed by atoms with Gasteiger partial charge < -0.3 is 5.32 Å². The number of fused-ring (bicyclic) bond motifs is 1. The highest BCUT2D eigenvalue weighted by atomic mass is 16.1. The molecule has 0 spiro atoms. The summed E-state index contributed by atoms with van der Waals surface area (Å²) in [6.45, 7) is 4.59. The van der Waals surface area contributed by atoms with Crippen molar-refractivity contribution in [1.82, 2.24) is 25.3 Å². The number of hydrogen-bond donors (Lipinski definition) is 1. The lowest BCUT2D eigenvalue weighted by molar-refractivity contribution is 0.0951. The smallest absolute Gasteiger partial charge is 0.251 e. The van der Waals surface area contributed by atoms with Crippen LogP contribution in [0.15, 0.2) is 66.9 Å². The van der Waals surface area contributed by atoms with Gasteiger partial charge in [-0.3, -0.25) is 4.79 Å². The Morgan fingerprint density at radius 1 is 1.07 bits per heavy atom. The van der Waals surface area contributed by atoms with Gasteiger partial charge in [0.05, 0.1) is 5.69 Å². The van der Waals surface area contributed by atoms with Gasteiger partial charge in [-0.25, -0.2) is 4.98 Å². The topological polar surface area (TPSA) is 72.7 Å². The van der Waals surface area contributed by atoms with Crippen molar-refractivity contribution in [2.75, 3.05) is 6.54 Å². The van der Waals surface area contributed by atoms with Crippen LogP contribution in [0, 0.1) is 6.92 Å². The van der Waals surface area contributed by atoms with Crippen LogP contribution >= 0.6 is 0 Å². The lowest BCUT2D eigenvalue weighted by Crippen LogP contribution is -2.28. The number of nitrogens with one attached hydrogen (secondary N) is 1. The molecule has 1 N–H and O–H groups in total. The summed E-state index contributed by atoms with van der Waals surface area (Å²) in [5.74, 6) is 0.136. The Hall–Kier alpha value is -3.54. The van der Waals surface area contributed by atoms with Gasteiger partial charge in [0.2, 0.25) is 0 Å². The number of hydrogen-bond acceptors (Lipinski definition) is 4. The lowest BCUT2D eigenvalue weighted by atomic mass is 10.0. The zero-order chi connectivity index (χ0) is 19.5. The monoisotopic (exact) mass is 371 g/mol. The van der Waals surface area contributed by atoms with Crippen LogP contribution in [0.4, 0.5) is 0 Å². The van der Waals surface area contributed by atoms with Crippen LogP contribution in [0.2, 0.25) is 0 Å². The zero-order valence-corrected chi connectivity index (χ0v) is 15.8. The number of rotatable bonds is 5. The van der Waals surface area contributed by atoms with E-state index < -0.39 is 0 Å². The van der Waals surface area contributed by atoms with Crippen LogP contribution in [0.1, 0.15) is 34.3 Å². The van der Waals surface area contributed by atoms with Crippen LogP contribution in [-0.2, 0) is 0 Å². The first-order chi connectivity index (χ1) is 13.6. The van der Waals surface area contributed by atoms with E-state index in [0.717, 1.165) is 11.3 Å². The molecule has 4 aromatic rings. The van der Waals surface area contributed by atoms with Crippen molar-refractivity contribution in [1.29, 1.82) is 0 Å². The van der Waals surface area contributed by atoms with Gasteiger partial charge in [0.25, 0.3) is 5.91 Å². The fourth-order valence-corrected chi connectivity index (χ4v) is 3.27. The Balaban J connectivity index is 1.57. The summed E-state index contributed by atoms with van der Waals surface area (Å²) in [5.41, 5.74) is 4.84. The van der Waals surface area contributed by atoms with E-state index in [4.69, 9.17) is 0 Å². The quantitative estimate of drug-likeness (QED) is 0.581. The predicted molar refractivity (Wildman–Crippen MR) is 109 cm³/mol. The number of aromatic nitrogens is 4. The minimum Gasteiger partial charge on any atom is -0.351 e. The van der Waals surface area contributed by atoms with E-state index in [1.54, 1.807) is 10.9 Å². The molecule has 0 saturated heterocycles. The standard InChI is InChI=1S/C22H21N5O/c1-15(17-8-4-3-5-9-17)14-24-22(28)18-10-6-12-20(16(18)2)27-21-19(25-26-27)11-7-13-23-21/h3-13,15H,14H2,1-2H3,(H,24,28)/t15-/m0/s1. The number of amides is 1. The second kappa shape index (κ2) is 7.60. The molecule has 1 amide bonds. The summed E-state index contributed by atoms with van der Waals surface area (Å²) in [7, 11) is 0. The maximum atomic E-state index is 12.8. The first-order valence-corrected chi connectivity index (χ1v) is 9.24. The third-order valence-electron chi connectivity index (χ3n) is 4.92. The third-order valence-corrected chi connectivity index (χ3v) is 4.92. The molecule has 2 aromatic heterocycles. The van der Waals surface area contributed by atoms with E-state index in [1.165, 1.54) is 5.56 Å². The normalized spacial score (nSPS) is 12.1. The number of carbonyl (C=O) groups is 1. The van der Waals surface area contributed by atoms with Crippen molar-refractivity contribution in [2.45, 2.75) is 19.8 Å². The Labute approximate surface area is 163 Å². The summed E-state index contributed by atoms with van der Waals surface area (Å²) in [6.07, 6.45) is 1.71. The summed E-state index contributed by atoms with van der Waals surface area (Å²) >= 11 is 0.